The van der Waals surface area contributed by atoms with E-state index in [0.29, 0.717) is 5.92 Å². The summed E-state index contributed by atoms with van der Waals surface area (Å²) in [6, 6.07) is 8.00. The van der Waals surface area contributed by atoms with Gasteiger partial charge in [-0.25, -0.2) is 0 Å². The topological polar surface area (TPSA) is 50.6 Å². The molecule has 0 radical (unpaired) electrons. The molecular weight excluding hydrogens is 400 g/mol. The maximum atomic E-state index is 12.4. The Labute approximate surface area is 183 Å². The van der Waals surface area contributed by atoms with Crippen molar-refractivity contribution in [1.82, 2.24) is 19.6 Å². The molecule has 2 heterocycles. The third-order valence-corrected chi connectivity index (χ3v) is 6.58. The first kappa shape index (κ1) is 21.2. The van der Waals surface area contributed by atoms with Gasteiger partial charge in [0.15, 0.2) is 0 Å². The summed E-state index contributed by atoms with van der Waals surface area (Å²) in [4.78, 5) is 16.7. The summed E-state index contributed by atoms with van der Waals surface area (Å²) >= 11 is 6.64. The minimum absolute atomic E-state index is 0.0835. The highest BCUT2D eigenvalue weighted by Crippen LogP contribution is 2.36. The van der Waals surface area contributed by atoms with Crippen molar-refractivity contribution in [2.45, 2.75) is 51.8 Å². The number of aromatic nitrogens is 2. The monoisotopic (exact) mass is 430 g/mol. The highest BCUT2D eigenvalue weighted by atomic mass is 35.5. The minimum atomic E-state index is 0.0835. The molecule has 1 aliphatic heterocycles. The Balaban J connectivity index is 1.23. The van der Waals surface area contributed by atoms with Crippen LogP contribution in [0.25, 0.3) is 0 Å². The van der Waals surface area contributed by atoms with E-state index in [0.717, 1.165) is 61.1 Å². The summed E-state index contributed by atoms with van der Waals surface area (Å²) < 4.78 is 7.88. The van der Waals surface area contributed by atoms with Crippen LogP contribution in [0.15, 0.2) is 30.5 Å². The quantitative estimate of drug-likeness (QED) is 0.639. The Morgan fingerprint density at radius 2 is 2.03 bits per heavy atom. The summed E-state index contributed by atoms with van der Waals surface area (Å²) in [5, 5.41) is 5.03. The largest absolute Gasteiger partial charge is 0.489 e. The normalized spacial score (nSPS) is 21.4. The van der Waals surface area contributed by atoms with E-state index in [-0.39, 0.29) is 18.6 Å². The molecule has 0 bridgehead atoms. The second-order valence-electron chi connectivity index (χ2n) is 8.72. The van der Waals surface area contributed by atoms with Crippen LogP contribution in [0, 0.1) is 12.8 Å². The van der Waals surface area contributed by atoms with Crippen molar-refractivity contribution in [3.63, 3.8) is 0 Å². The Hall–Kier alpha value is -2.05. The molecule has 1 aliphatic carbocycles. The number of aryl methyl sites for hydroxylation is 1. The maximum Gasteiger partial charge on any atom is 0.244 e. The number of hydrogen-bond donors (Lipinski definition) is 0. The van der Waals surface area contributed by atoms with Crippen molar-refractivity contribution >= 4 is 17.5 Å². The molecule has 1 saturated carbocycles. The number of nitrogens with zero attached hydrogens (tertiary/aromatic N) is 4. The number of carbonyl (C=O) groups is 1. The Bertz CT molecular complexity index is 872. The van der Waals surface area contributed by atoms with Gasteiger partial charge in [0.25, 0.3) is 0 Å². The van der Waals surface area contributed by atoms with Gasteiger partial charge in [-0.3, -0.25) is 14.4 Å². The number of hydrogen-bond acceptors (Lipinski definition) is 4. The molecule has 1 aromatic carbocycles. The Morgan fingerprint density at radius 3 is 2.73 bits per heavy atom. The van der Waals surface area contributed by atoms with Crippen molar-refractivity contribution in [3.8, 4) is 5.75 Å². The number of likely N-dealkylation sites (tertiary alicyclic amines) is 1. The lowest BCUT2D eigenvalue weighted by Gasteiger charge is -2.37. The molecule has 2 aromatic rings. The van der Waals surface area contributed by atoms with Crippen molar-refractivity contribution in [2.24, 2.45) is 5.92 Å². The third kappa shape index (κ3) is 5.16. The van der Waals surface area contributed by atoms with Crippen molar-refractivity contribution in [1.29, 1.82) is 0 Å². The number of likely N-dealkylation sites (N-methyl/N-ethyl adjacent to an activating group) is 1. The van der Waals surface area contributed by atoms with E-state index in [1.807, 2.05) is 43.3 Å². The van der Waals surface area contributed by atoms with E-state index in [4.69, 9.17) is 16.3 Å². The maximum absolute atomic E-state index is 12.4. The zero-order valence-corrected chi connectivity index (χ0v) is 18.6. The van der Waals surface area contributed by atoms with Crippen molar-refractivity contribution in [3.05, 3.63) is 46.7 Å². The van der Waals surface area contributed by atoms with Crippen molar-refractivity contribution in [2.75, 3.05) is 26.7 Å². The molecule has 7 heteroatoms. The van der Waals surface area contributed by atoms with Gasteiger partial charge in [-0.15, -0.1) is 0 Å². The SMILES string of the molecule is Cc1ccn(CC(=O)N(C)CC2CC(Oc3cccc(CN4CCCC4)c3Cl)C2)n1. The third-order valence-electron chi connectivity index (χ3n) is 6.15. The number of benzene rings is 1. The van der Waals surface area contributed by atoms with E-state index in [9.17, 15) is 4.79 Å². The molecule has 4 rings (SSSR count). The van der Waals surface area contributed by atoms with Gasteiger partial charge in [-0.1, -0.05) is 23.7 Å². The van der Waals surface area contributed by atoms with Crippen LogP contribution in [0.3, 0.4) is 0 Å². The fraction of sp³-hybridized carbons (Fsp3) is 0.565. The number of amides is 1. The lowest BCUT2D eigenvalue weighted by Crippen LogP contribution is -2.42. The molecule has 0 N–H and O–H groups in total. The van der Waals surface area contributed by atoms with Gasteiger partial charge in [-0.05, 0) is 69.3 Å². The van der Waals surface area contributed by atoms with E-state index < -0.39 is 0 Å². The number of halogens is 1. The number of rotatable bonds is 8. The van der Waals surface area contributed by atoms with Gasteiger partial charge in [0.05, 0.1) is 16.8 Å². The number of ether oxygens (including phenoxy) is 1. The molecular formula is C23H31ClN4O2. The zero-order chi connectivity index (χ0) is 21.1. The molecule has 6 nitrogen and oxygen atoms in total. The fourth-order valence-corrected chi connectivity index (χ4v) is 4.58. The summed E-state index contributed by atoms with van der Waals surface area (Å²) in [5.41, 5.74) is 2.07. The molecule has 0 spiro atoms. The van der Waals surface area contributed by atoms with E-state index >= 15 is 0 Å². The first-order valence-electron chi connectivity index (χ1n) is 10.9. The van der Waals surface area contributed by atoms with Crippen LogP contribution in [0.1, 0.15) is 36.9 Å². The average molecular weight is 431 g/mol. The second-order valence-corrected chi connectivity index (χ2v) is 9.10. The molecule has 2 aliphatic rings. The van der Waals surface area contributed by atoms with Crippen LogP contribution < -0.4 is 4.74 Å². The van der Waals surface area contributed by atoms with Crippen LogP contribution >= 0.6 is 11.6 Å². The van der Waals surface area contributed by atoms with E-state index in [2.05, 4.69) is 16.1 Å². The van der Waals surface area contributed by atoms with Gasteiger partial charge >= 0.3 is 0 Å². The highest BCUT2D eigenvalue weighted by molar-refractivity contribution is 6.32. The van der Waals surface area contributed by atoms with Crippen LogP contribution in [-0.2, 0) is 17.9 Å². The summed E-state index contributed by atoms with van der Waals surface area (Å²) in [7, 11) is 1.87. The number of carbonyl (C=O) groups excluding carboxylic acids is 1. The van der Waals surface area contributed by atoms with Gasteiger partial charge in [0.2, 0.25) is 5.91 Å². The predicted molar refractivity (Wildman–Crippen MR) is 118 cm³/mol. The molecule has 162 valence electrons. The van der Waals surface area contributed by atoms with Crippen LogP contribution in [0.2, 0.25) is 5.02 Å². The Morgan fingerprint density at radius 1 is 1.27 bits per heavy atom. The van der Waals surface area contributed by atoms with Crippen molar-refractivity contribution < 1.29 is 9.53 Å². The first-order valence-corrected chi connectivity index (χ1v) is 11.3. The molecule has 1 amide bonds. The van der Waals surface area contributed by atoms with E-state index in [1.165, 1.54) is 12.8 Å². The van der Waals surface area contributed by atoms with Gasteiger partial charge in [0.1, 0.15) is 12.3 Å². The molecule has 0 unspecified atom stereocenters. The average Bonchev–Trinajstić information content (AvgIpc) is 3.34. The lowest BCUT2D eigenvalue weighted by molar-refractivity contribution is -0.132. The molecule has 1 saturated heterocycles. The predicted octanol–water partition coefficient (Wildman–Crippen LogP) is 3.76. The summed E-state index contributed by atoms with van der Waals surface area (Å²) in [5.74, 6) is 1.34. The Kier molecular flexibility index (Phi) is 6.64. The molecule has 30 heavy (non-hydrogen) atoms. The van der Waals surface area contributed by atoms with Gasteiger partial charge in [-0.2, -0.15) is 5.10 Å². The van der Waals surface area contributed by atoms with Crippen LogP contribution in [-0.4, -0.2) is 58.3 Å². The molecule has 0 atom stereocenters. The first-order chi connectivity index (χ1) is 14.5. The zero-order valence-electron chi connectivity index (χ0n) is 17.9. The lowest BCUT2D eigenvalue weighted by atomic mass is 9.82. The summed E-state index contributed by atoms with van der Waals surface area (Å²) in [6.45, 7) is 6.16. The van der Waals surface area contributed by atoms with Crippen LogP contribution in [0.5, 0.6) is 5.75 Å². The van der Waals surface area contributed by atoms with E-state index in [1.54, 1.807) is 4.68 Å². The molecule has 2 fully saturated rings. The van der Waals surface area contributed by atoms with Gasteiger partial charge < -0.3 is 9.64 Å². The van der Waals surface area contributed by atoms with Crippen LogP contribution in [0.4, 0.5) is 0 Å². The smallest absolute Gasteiger partial charge is 0.244 e. The second kappa shape index (κ2) is 9.40. The fourth-order valence-electron chi connectivity index (χ4n) is 4.35. The standard InChI is InChI=1S/C23H31ClN4O2/c1-17-8-11-28(25-17)16-22(29)26(2)14-18-12-20(13-18)30-21-7-5-6-19(23(21)24)15-27-9-3-4-10-27/h5-8,11,18,20H,3-4,9-10,12-16H2,1-2H3. The molecule has 1 aromatic heterocycles. The highest BCUT2D eigenvalue weighted by Gasteiger charge is 2.33. The minimum Gasteiger partial charge on any atom is -0.489 e. The van der Waals surface area contributed by atoms with Gasteiger partial charge in [0, 0.05) is 26.3 Å². The summed E-state index contributed by atoms with van der Waals surface area (Å²) in [6.07, 6.45) is 6.46.